The number of Topliss-reactive ketones (excluding diaryl/α,β-unsaturated/α-hetero) is 1. The molecule has 0 saturated heterocycles. The lowest BCUT2D eigenvalue weighted by molar-refractivity contribution is -0.115. The lowest BCUT2D eigenvalue weighted by Crippen LogP contribution is -2.02. The summed E-state index contributed by atoms with van der Waals surface area (Å²) in [5, 5.41) is 0.352. The first-order chi connectivity index (χ1) is 5.72. The zero-order valence-corrected chi connectivity index (χ0v) is 7.97. The summed E-state index contributed by atoms with van der Waals surface area (Å²) >= 11 is 3.06. The molecule has 0 heterocycles. The summed E-state index contributed by atoms with van der Waals surface area (Å²) in [6.45, 7) is 0. The number of alkyl halides is 1. The fourth-order valence-corrected chi connectivity index (χ4v) is 1.08. The molecule has 0 aliphatic rings. The van der Waals surface area contributed by atoms with E-state index in [1.54, 1.807) is 12.1 Å². The van der Waals surface area contributed by atoms with E-state index in [0.29, 0.717) is 11.8 Å². The number of halogens is 2. The van der Waals surface area contributed by atoms with Gasteiger partial charge in [0.25, 0.3) is 0 Å². The van der Waals surface area contributed by atoms with E-state index in [1.165, 1.54) is 12.1 Å². The van der Waals surface area contributed by atoms with Crippen molar-refractivity contribution in [3.63, 3.8) is 0 Å². The van der Waals surface area contributed by atoms with Crippen LogP contribution in [0.3, 0.4) is 0 Å². The summed E-state index contributed by atoms with van der Waals surface area (Å²) in [4.78, 5) is 10.9. The minimum absolute atomic E-state index is 0.0987. The van der Waals surface area contributed by atoms with Gasteiger partial charge in [0.1, 0.15) is 11.6 Å². The highest BCUT2D eigenvalue weighted by Gasteiger charge is 2.00. The Bertz CT molecular complexity index is 268. The summed E-state index contributed by atoms with van der Waals surface area (Å²) in [6.07, 6.45) is 0.367. The number of ketones is 1. The van der Waals surface area contributed by atoms with Crippen LogP contribution in [-0.4, -0.2) is 11.1 Å². The quantitative estimate of drug-likeness (QED) is 0.729. The lowest BCUT2D eigenvalue weighted by atomic mass is 10.1. The molecule has 0 aromatic heterocycles. The van der Waals surface area contributed by atoms with Crippen LogP contribution in [0.25, 0.3) is 0 Å². The van der Waals surface area contributed by atoms with Crippen LogP contribution in [0.4, 0.5) is 4.39 Å². The Balaban J connectivity index is 2.64. The number of hydrogen-bond donors (Lipinski definition) is 0. The summed E-state index contributed by atoms with van der Waals surface area (Å²) in [5.74, 6) is -0.174. The molecule has 1 nitrogen and oxygen atoms in total. The summed E-state index contributed by atoms with van der Waals surface area (Å²) in [5.41, 5.74) is 0.848. The number of benzene rings is 1. The third kappa shape index (κ3) is 2.74. The molecule has 0 N–H and O–H groups in total. The second-order valence-corrected chi connectivity index (χ2v) is 3.04. The van der Waals surface area contributed by atoms with Crippen molar-refractivity contribution in [2.45, 2.75) is 6.42 Å². The topological polar surface area (TPSA) is 17.1 Å². The monoisotopic (exact) mass is 230 g/mol. The highest BCUT2D eigenvalue weighted by molar-refractivity contribution is 9.09. The van der Waals surface area contributed by atoms with Crippen molar-refractivity contribution in [2.24, 2.45) is 0 Å². The molecule has 0 unspecified atom stereocenters. The molecule has 0 bridgehead atoms. The Morgan fingerprint density at radius 2 is 1.92 bits per heavy atom. The average molecular weight is 231 g/mol. The number of carbonyl (C=O) groups is 1. The molecule has 1 aromatic carbocycles. The van der Waals surface area contributed by atoms with E-state index in [-0.39, 0.29) is 11.6 Å². The van der Waals surface area contributed by atoms with Gasteiger partial charge >= 0.3 is 0 Å². The molecule has 0 amide bonds. The van der Waals surface area contributed by atoms with Crippen molar-refractivity contribution >= 4 is 21.7 Å². The van der Waals surface area contributed by atoms with Gasteiger partial charge in [-0.3, -0.25) is 4.79 Å². The third-order valence-corrected chi connectivity index (χ3v) is 2.09. The molecule has 0 radical (unpaired) electrons. The fourth-order valence-electron chi connectivity index (χ4n) is 0.877. The standard InChI is InChI=1S/C9H8BrFO/c10-6-9(12)5-7-1-3-8(11)4-2-7/h1-4H,5-6H2. The molecule has 0 aliphatic carbocycles. The Morgan fingerprint density at radius 1 is 1.33 bits per heavy atom. The van der Waals surface area contributed by atoms with Crippen molar-refractivity contribution < 1.29 is 9.18 Å². The summed E-state index contributed by atoms with van der Waals surface area (Å²) < 4.78 is 12.4. The molecule has 0 saturated carbocycles. The molecule has 0 fully saturated rings. The molecule has 0 aliphatic heterocycles. The van der Waals surface area contributed by atoms with Gasteiger partial charge in [-0.05, 0) is 17.7 Å². The van der Waals surface area contributed by atoms with E-state index in [9.17, 15) is 9.18 Å². The van der Waals surface area contributed by atoms with Crippen LogP contribution in [0.1, 0.15) is 5.56 Å². The molecule has 0 spiro atoms. The molecule has 12 heavy (non-hydrogen) atoms. The maximum Gasteiger partial charge on any atom is 0.147 e. The van der Waals surface area contributed by atoms with Crippen LogP contribution in [-0.2, 0) is 11.2 Å². The van der Waals surface area contributed by atoms with Gasteiger partial charge in [0.05, 0.1) is 5.33 Å². The third-order valence-electron chi connectivity index (χ3n) is 1.46. The zero-order valence-electron chi connectivity index (χ0n) is 6.39. The molecule has 64 valence electrons. The predicted molar refractivity (Wildman–Crippen MR) is 48.9 cm³/mol. The van der Waals surface area contributed by atoms with Crippen LogP contribution in [0, 0.1) is 5.82 Å². The molecule has 3 heteroatoms. The lowest BCUT2D eigenvalue weighted by Gasteiger charge is -1.97. The van der Waals surface area contributed by atoms with E-state index >= 15 is 0 Å². The van der Waals surface area contributed by atoms with Gasteiger partial charge in [-0.15, -0.1) is 0 Å². The Morgan fingerprint density at radius 3 is 2.42 bits per heavy atom. The smallest absolute Gasteiger partial charge is 0.147 e. The van der Waals surface area contributed by atoms with Crippen molar-refractivity contribution in [3.8, 4) is 0 Å². The van der Waals surface area contributed by atoms with Gasteiger partial charge in [-0.1, -0.05) is 28.1 Å². The summed E-state index contributed by atoms with van der Waals surface area (Å²) in [7, 11) is 0. The highest BCUT2D eigenvalue weighted by atomic mass is 79.9. The summed E-state index contributed by atoms with van der Waals surface area (Å²) in [6, 6.07) is 5.96. The number of carbonyl (C=O) groups excluding carboxylic acids is 1. The van der Waals surface area contributed by atoms with Gasteiger partial charge < -0.3 is 0 Å². The van der Waals surface area contributed by atoms with Crippen LogP contribution >= 0.6 is 15.9 Å². The minimum atomic E-state index is -0.273. The molecule has 1 aromatic rings. The van der Waals surface area contributed by atoms with Gasteiger partial charge in [-0.25, -0.2) is 4.39 Å². The van der Waals surface area contributed by atoms with Crippen LogP contribution in [0.15, 0.2) is 24.3 Å². The normalized spacial score (nSPS) is 9.83. The highest BCUT2D eigenvalue weighted by Crippen LogP contribution is 2.04. The second kappa shape index (κ2) is 4.36. The van der Waals surface area contributed by atoms with Crippen molar-refractivity contribution in [2.75, 3.05) is 5.33 Å². The second-order valence-electron chi connectivity index (χ2n) is 2.48. The van der Waals surface area contributed by atoms with E-state index < -0.39 is 0 Å². The molecule has 0 atom stereocenters. The number of rotatable bonds is 3. The van der Waals surface area contributed by atoms with Crippen molar-refractivity contribution in [1.82, 2.24) is 0 Å². The van der Waals surface area contributed by atoms with Gasteiger partial charge in [0, 0.05) is 6.42 Å². The minimum Gasteiger partial charge on any atom is -0.298 e. The largest absolute Gasteiger partial charge is 0.298 e. The average Bonchev–Trinajstić information content (AvgIpc) is 2.09. The van der Waals surface area contributed by atoms with Crippen molar-refractivity contribution in [3.05, 3.63) is 35.6 Å². The first kappa shape index (κ1) is 9.39. The predicted octanol–water partition coefficient (Wildman–Crippen LogP) is 2.33. The van der Waals surface area contributed by atoms with E-state index in [4.69, 9.17) is 0 Å². The van der Waals surface area contributed by atoms with Crippen LogP contribution < -0.4 is 0 Å². The molecular weight excluding hydrogens is 223 g/mol. The Hall–Kier alpha value is -0.700. The van der Waals surface area contributed by atoms with Gasteiger partial charge in [-0.2, -0.15) is 0 Å². The van der Waals surface area contributed by atoms with Crippen LogP contribution in [0.5, 0.6) is 0 Å². The van der Waals surface area contributed by atoms with E-state index in [0.717, 1.165) is 5.56 Å². The Kier molecular flexibility index (Phi) is 3.41. The van der Waals surface area contributed by atoms with Crippen molar-refractivity contribution in [1.29, 1.82) is 0 Å². The molecule has 1 rings (SSSR count). The maximum atomic E-state index is 12.4. The SMILES string of the molecule is O=C(CBr)Cc1ccc(F)cc1. The maximum absolute atomic E-state index is 12.4. The molecular formula is C9H8BrFO. The Labute approximate surface area is 78.7 Å². The fraction of sp³-hybridized carbons (Fsp3) is 0.222. The van der Waals surface area contributed by atoms with Gasteiger partial charge in [0.2, 0.25) is 0 Å². The van der Waals surface area contributed by atoms with Gasteiger partial charge in [0.15, 0.2) is 0 Å². The van der Waals surface area contributed by atoms with E-state index in [1.807, 2.05) is 0 Å². The van der Waals surface area contributed by atoms with E-state index in [2.05, 4.69) is 15.9 Å². The first-order valence-corrected chi connectivity index (χ1v) is 4.66. The first-order valence-electron chi connectivity index (χ1n) is 3.54. The zero-order chi connectivity index (χ0) is 8.97. The number of hydrogen-bond acceptors (Lipinski definition) is 1. The van der Waals surface area contributed by atoms with Crippen LogP contribution in [0.2, 0.25) is 0 Å².